The molecule has 0 bridgehead atoms. The maximum absolute atomic E-state index is 11.8. The first kappa shape index (κ1) is 13.2. The van der Waals surface area contributed by atoms with Crippen molar-refractivity contribution in [2.24, 2.45) is 0 Å². The van der Waals surface area contributed by atoms with E-state index in [-0.39, 0.29) is 25.0 Å². The Balaban J connectivity index is 2.35. The summed E-state index contributed by atoms with van der Waals surface area (Å²) >= 11 is 1.85. The highest BCUT2D eigenvalue weighted by Crippen LogP contribution is 2.15. The molecule has 0 aromatic heterocycles. The highest BCUT2D eigenvalue weighted by Gasteiger charge is 2.21. The van der Waals surface area contributed by atoms with Crippen molar-refractivity contribution < 1.29 is 14.7 Å². The molecule has 0 aromatic rings. The molecule has 1 aliphatic heterocycles. The fourth-order valence-corrected chi connectivity index (χ4v) is 2.61. The molecule has 0 spiro atoms. The summed E-state index contributed by atoms with van der Waals surface area (Å²) < 4.78 is 0. The van der Waals surface area contributed by atoms with Crippen LogP contribution >= 0.6 is 11.8 Å². The molecule has 5 nitrogen and oxygen atoms in total. The van der Waals surface area contributed by atoms with Gasteiger partial charge in [-0.3, -0.25) is 4.79 Å². The molecule has 1 fully saturated rings. The van der Waals surface area contributed by atoms with Crippen LogP contribution in [-0.2, 0) is 4.79 Å². The molecule has 1 saturated heterocycles. The van der Waals surface area contributed by atoms with Crippen LogP contribution in [0.15, 0.2) is 0 Å². The van der Waals surface area contributed by atoms with Crippen LogP contribution in [0, 0.1) is 0 Å². The number of hydrogen-bond acceptors (Lipinski definition) is 3. The van der Waals surface area contributed by atoms with Crippen molar-refractivity contribution in [3.05, 3.63) is 0 Å². The van der Waals surface area contributed by atoms with E-state index in [9.17, 15) is 9.59 Å². The number of hydrogen-bond donors (Lipinski definition) is 2. The van der Waals surface area contributed by atoms with Crippen LogP contribution < -0.4 is 5.32 Å². The third-order valence-corrected chi connectivity index (χ3v) is 3.56. The maximum Gasteiger partial charge on any atom is 0.317 e. The van der Waals surface area contributed by atoms with Gasteiger partial charge in [0, 0.05) is 24.9 Å². The van der Waals surface area contributed by atoms with Gasteiger partial charge < -0.3 is 15.3 Å². The lowest BCUT2D eigenvalue weighted by atomic mass is 10.2. The lowest BCUT2D eigenvalue weighted by molar-refractivity contribution is -0.136. The van der Waals surface area contributed by atoms with E-state index in [1.165, 1.54) is 0 Å². The van der Waals surface area contributed by atoms with Gasteiger partial charge in [0.05, 0.1) is 6.42 Å². The number of carbonyl (C=O) groups excluding carboxylic acids is 1. The van der Waals surface area contributed by atoms with Crippen molar-refractivity contribution in [2.75, 3.05) is 24.6 Å². The molecular formula is C10H18N2O3S. The summed E-state index contributed by atoms with van der Waals surface area (Å²) in [6, 6.07) is 0.0936. The number of carboxylic acids is 1. The Bertz CT molecular complexity index is 260. The van der Waals surface area contributed by atoms with Crippen molar-refractivity contribution in [3.63, 3.8) is 0 Å². The summed E-state index contributed by atoms with van der Waals surface area (Å²) in [5.74, 6) is 1.15. The van der Waals surface area contributed by atoms with Crippen LogP contribution in [0.2, 0.25) is 0 Å². The Morgan fingerprint density at radius 1 is 1.50 bits per heavy atom. The molecule has 1 aliphatic rings. The van der Waals surface area contributed by atoms with Crippen molar-refractivity contribution in [1.29, 1.82) is 0 Å². The van der Waals surface area contributed by atoms with Gasteiger partial charge in [-0.05, 0) is 19.1 Å². The second kappa shape index (κ2) is 6.62. The molecule has 1 unspecified atom stereocenters. The number of aliphatic carboxylic acids is 1. The van der Waals surface area contributed by atoms with Gasteiger partial charge in [-0.1, -0.05) is 0 Å². The largest absolute Gasteiger partial charge is 0.481 e. The van der Waals surface area contributed by atoms with E-state index in [4.69, 9.17) is 5.11 Å². The second-order valence-corrected chi connectivity index (χ2v) is 5.04. The zero-order valence-electron chi connectivity index (χ0n) is 9.44. The Morgan fingerprint density at radius 3 is 2.94 bits per heavy atom. The van der Waals surface area contributed by atoms with Gasteiger partial charge in [0.25, 0.3) is 0 Å². The highest BCUT2D eigenvalue weighted by molar-refractivity contribution is 7.99. The predicted molar refractivity (Wildman–Crippen MR) is 63.8 cm³/mol. The van der Waals surface area contributed by atoms with Crippen molar-refractivity contribution in [3.8, 4) is 0 Å². The number of carbonyl (C=O) groups is 2. The predicted octanol–water partition coefficient (Wildman–Crippen LogP) is 0.998. The molecular weight excluding hydrogens is 228 g/mol. The molecule has 0 radical (unpaired) electrons. The van der Waals surface area contributed by atoms with Gasteiger partial charge in [-0.15, -0.1) is 0 Å². The zero-order valence-corrected chi connectivity index (χ0v) is 10.3. The topological polar surface area (TPSA) is 69.6 Å². The third kappa shape index (κ3) is 4.30. The number of nitrogens with one attached hydrogen (secondary N) is 1. The van der Waals surface area contributed by atoms with Gasteiger partial charge in [0.1, 0.15) is 0 Å². The van der Waals surface area contributed by atoms with Gasteiger partial charge >= 0.3 is 12.0 Å². The summed E-state index contributed by atoms with van der Waals surface area (Å²) in [5.41, 5.74) is 0. The van der Waals surface area contributed by atoms with Crippen LogP contribution in [0.4, 0.5) is 4.79 Å². The average molecular weight is 246 g/mol. The lowest BCUT2D eigenvalue weighted by Crippen LogP contribution is -2.46. The number of thioether (sulfide) groups is 1. The molecule has 2 amide bonds. The summed E-state index contributed by atoms with van der Waals surface area (Å²) in [7, 11) is 0. The molecule has 0 saturated carbocycles. The monoisotopic (exact) mass is 246 g/mol. The van der Waals surface area contributed by atoms with Crippen molar-refractivity contribution in [1.82, 2.24) is 10.2 Å². The van der Waals surface area contributed by atoms with Crippen LogP contribution in [0.5, 0.6) is 0 Å². The van der Waals surface area contributed by atoms with E-state index < -0.39 is 5.97 Å². The van der Waals surface area contributed by atoms with E-state index in [1.54, 1.807) is 4.90 Å². The molecule has 1 rings (SSSR count). The summed E-state index contributed by atoms with van der Waals surface area (Å²) in [5, 5.41) is 11.1. The maximum atomic E-state index is 11.8. The van der Waals surface area contributed by atoms with E-state index in [2.05, 4.69) is 5.32 Å². The fraction of sp³-hybridized carbons (Fsp3) is 0.800. The Hall–Kier alpha value is -0.910. The van der Waals surface area contributed by atoms with Gasteiger partial charge in [0.15, 0.2) is 0 Å². The molecule has 1 heterocycles. The number of amides is 2. The van der Waals surface area contributed by atoms with Gasteiger partial charge in [0.2, 0.25) is 0 Å². The van der Waals surface area contributed by atoms with Gasteiger partial charge in [-0.25, -0.2) is 4.79 Å². The molecule has 1 atom stereocenters. The molecule has 0 aromatic carbocycles. The van der Waals surface area contributed by atoms with Crippen LogP contribution in [0.3, 0.4) is 0 Å². The van der Waals surface area contributed by atoms with E-state index in [0.29, 0.717) is 0 Å². The third-order valence-electron chi connectivity index (χ3n) is 2.56. The van der Waals surface area contributed by atoms with Crippen LogP contribution in [0.1, 0.15) is 19.8 Å². The quantitative estimate of drug-likeness (QED) is 0.779. The van der Waals surface area contributed by atoms with Crippen molar-refractivity contribution in [2.45, 2.75) is 25.8 Å². The number of rotatable bonds is 3. The first-order valence-electron chi connectivity index (χ1n) is 5.45. The Labute approximate surface area is 99.6 Å². The first-order chi connectivity index (χ1) is 7.61. The van der Waals surface area contributed by atoms with E-state index in [0.717, 1.165) is 24.5 Å². The number of nitrogens with zero attached hydrogens (tertiary/aromatic N) is 1. The first-order valence-corrected chi connectivity index (χ1v) is 6.60. The molecule has 0 aliphatic carbocycles. The zero-order chi connectivity index (χ0) is 12.0. The molecule has 2 N–H and O–H groups in total. The fourth-order valence-electron chi connectivity index (χ4n) is 1.57. The highest BCUT2D eigenvalue weighted by atomic mass is 32.2. The number of urea groups is 1. The van der Waals surface area contributed by atoms with E-state index >= 15 is 0 Å². The van der Waals surface area contributed by atoms with Crippen LogP contribution in [-0.4, -0.2) is 52.6 Å². The standard InChI is InChI=1S/C10H18N2O3S/c1-8-3-6-16-7-5-12(8)10(15)11-4-2-9(13)14/h8H,2-7H2,1H3,(H,11,15)(H,13,14). The summed E-state index contributed by atoms with van der Waals surface area (Å²) in [4.78, 5) is 23.9. The normalized spacial score (nSPS) is 21.3. The van der Waals surface area contributed by atoms with Crippen LogP contribution in [0.25, 0.3) is 0 Å². The smallest absolute Gasteiger partial charge is 0.317 e. The minimum absolute atomic E-state index is 0.0251. The molecule has 92 valence electrons. The SMILES string of the molecule is CC1CCSCCN1C(=O)NCCC(=O)O. The molecule has 16 heavy (non-hydrogen) atoms. The average Bonchev–Trinajstić information content (AvgIpc) is 2.42. The van der Waals surface area contributed by atoms with Crippen molar-refractivity contribution >= 4 is 23.8 Å². The summed E-state index contributed by atoms with van der Waals surface area (Å²) in [6.45, 7) is 2.97. The molecule has 6 heteroatoms. The van der Waals surface area contributed by atoms with E-state index in [1.807, 2.05) is 18.7 Å². The minimum atomic E-state index is -0.889. The van der Waals surface area contributed by atoms with Gasteiger partial charge in [-0.2, -0.15) is 11.8 Å². The summed E-state index contributed by atoms with van der Waals surface area (Å²) in [6.07, 6.45) is 0.972. The lowest BCUT2D eigenvalue weighted by Gasteiger charge is -2.26. The Morgan fingerprint density at radius 2 is 2.25 bits per heavy atom. The number of carboxylic acid groups (broad SMARTS) is 1. The Kier molecular flexibility index (Phi) is 5.45. The minimum Gasteiger partial charge on any atom is -0.481 e. The second-order valence-electron chi connectivity index (χ2n) is 3.82.